The molecule has 0 fully saturated rings. The van der Waals surface area contributed by atoms with Crippen LogP contribution < -0.4 is 10.0 Å². The van der Waals surface area contributed by atoms with Crippen LogP contribution in [-0.2, 0) is 10.0 Å². The molecule has 3 aromatic carbocycles. The third kappa shape index (κ3) is 4.86. The topological polar surface area (TPSA) is 75.3 Å². The second-order valence-electron chi connectivity index (χ2n) is 7.15. The third-order valence-corrected chi connectivity index (χ3v) is 6.35. The molecule has 0 aromatic heterocycles. The minimum atomic E-state index is -3.88. The first-order valence-corrected chi connectivity index (χ1v) is 10.9. The van der Waals surface area contributed by atoms with E-state index < -0.39 is 15.9 Å². The largest absolute Gasteiger partial charge is 0.346 e. The van der Waals surface area contributed by atoms with Crippen LogP contribution in [0, 0.1) is 19.7 Å². The highest BCUT2D eigenvalue weighted by atomic mass is 32.2. The van der Waals surface area contributed by atoms with E-state index in [4.69, 9.17) is 0 Å². The Bertz CT molecular complexity index is 1180. The zero-order valence-electron chi connectivity index (χ0n) is 16.9. The maximum absolute atomic E-state index is 13.1. The number of benzene rings is 3. The standard InChI is InChI=1S/C23H23FN2O3S/c1-15-6-4-5-7-21(15)26-30(28,29)22-14-19(9-8-16(22)2)23(27)25-17(3)18-10-12-20(24)13-11-18/h4-14,17,26H,1-3H3,(H,25,27)/t17-/m0/s1. The Morgan fingerprint density at radius 2 is 1.60 bits per heavy atom. The quantitative estimate of drug-likeness (QED) is 0.598. The summed E-state index contributed by atoms with van der Waals surface area (Å²) < 4.78 is 41.6. The summed E-state index contributed by atoms with van der Waals surface area (Å²) in [6, 6.07) is 17.1. The molecule has 156 valence electrons. The van der Waals surface area contributed by atoms with Crippen LogP contribution in [0.2, 0.25) is 0 Å². The summed E-state index contributed by atoms with van der Waals surface area (Å²) in [7, 11) is -3.88. The minimum absolute atomic E-state index is 0.0350. The summed E-state index contributed by atoms with van der Waals surface area (Å²) in [6.45, 7) is 5.26. The van der Waals surface area contributed by atoms with Crippen LogP contribution in [-0.4, -0.2) is 14.3 Å². The number of carbonyl (C=O) groups is 1. The van der Waals surface area contributed by atoms with Crippen LogP contribution in [0.1, 0.15) is 40.0 Å². The summed E-state index contributed by atoms with van der Waals surface area (Å²) >= 11 is 0. The first kappa shape index (κ1) is 21.5. The molecule has 30 heavy (non-hydrogen) atoms. The monoisotopic (exact) mass is 426 g/mol. The molecule has 0 unspecified atom stereocenters. The van der Waals surface area contributed by atoms with Gasteiger partial charge in [0.05, 0.1) is 16.6 Å². The van der Waals surface area contributed by atoms with E-state index in [-0.39, 0.29) is 22.3 Å². The van der Waals surface area contributed by atoms with Crippen LogP contribution >= 0.6 is 0 Å². The molecule has 7 heteroatoms. The zero-order chi connectivity index (χ0) is 21.9. The van der Waals surface area contributed by atoms with Gasteiger partial charge < -0.3 is 5.32 Å². The van der Waals surface area contributed by atoms with E-state index in [0.29, 0.717) is 11.3 Å². The van der Waals surface area contributed by atoms with Gasteiger partial charge in [-0.2, -0.15) is 0 Å². The van der Waals surface area contributed by atoms with Gasteiger partial charge in [-0.1, -0.05) is 36.4 Å². The number of carbonyl (C=O) groups excluding carboxylic acids is 1. The van der Waals surface area contributed by atoms with Gasteiger partial charge in [0, 0.05) is 5.56 Å². The fourth-order valence-electron chi connectivity index (χ4n) is 3.03. The van der Waals surface area contributed by atoms with E-state index in [9.17, 15) is 17.6 Å². The summed E-state index contributed by atoms with van der Waals surface area (Å²) in [5.74, 6) is -0.772. The number of nitrogens with one attached hydrogen (secondary N) is 2. The van der Waals surface area contributed by atoms with Gasteiger partial charge in [0.1, 0.15) is 5.82 Å². The average molecular weight is 427 g/mol. The lowest BCUT2D eigenvalue weighted by molar-refractivity contribution is 0.0939. The van der Waals surface area contributed by atoms with Gasteiger partial charge in [-0.25, -0.2) is 12.8 Å². The van der Waals surface area contributed by atoms with E-state index in [1.54, 1.807) is 50.2 Å². The smallest absolute Gasteiger partial charge is 0.262 e. The van der Waals surface area contributed by atoms with Gasteiger partial charge in [0.25, 0.3) is 15.9 Å². The predicted octanol–water partition coefficient (Wildman–Crippen LogP) is 4.73. The molecule has 0 radical (unpaired) electrons. The third-order valence-electron chi connectivity index (χ3n) is 4.85. The first-order valence-electron chi connectivity index (χ1n) is 9.43. The number of halogens is 1. The number of hydrogen-bond acceptors (Lipinski definition) is 3. The van der Waals surface area contributed by atoms with Gasteiger partial charge in [-0.3, -0.25) is 9.52 Å². The maximum Gasteiger partial charge on any atom is 0.262 e. The normalized spacial score (nSPS) is 12.3. The van der Waals surface area contributed by atoms with E-state index in [2.05, 4.69) is 10.0 Å². The second-order valence-corrected chi connectivity index (χ2v) is 8.80. The molecule has 3 aromatic rings. The summed E-state index contributed by atoms with van der Waals surface area (Å²) in [5.41, 5.74) is 2.77. The summed E-state index contributed by atoms with van der Waals surface area (Å²) in [4.78, 5) is 12.7. The Morgan fingerprint density at radius 3 is 2.27 bits per heavy atom. The van der Waals surface area contributed by atoms with E-state index >= 15 is 0 Å². The Hall–Kier alpha value is -3.19. The molecule has 2 N–H and O–H groups in total. The van der Waals surface area contributed by atoms with Crippen LogP contribution in [0.25, 0.3) is 0 Å². The molecule has 0 saturated carbocycles. The second kappa shape index (κ2) is 8.67. The fraction of sp³-hybridized carbons (Fsp3) is 0.174. The SMILES string of the molecule is Cc1ccccc1NS(=O)(=O)c1cc(C(=O)N[C@@H](C)c2ccc(F)cc2)ccc1C. The van der Waals surface area contributed by atoms with Gasteiger partial charge in [-0.05, 0) is 67.8 Å². The van der Waals surface area contributed by atoms with Crippen LogP contribution in [0.4, 0.5) is 10.1 Å². The van der Waals surface area contributed by atoms with E-state index in [1.807, 2.05) is 19.1 Å². The highest BCUT2D eigenvalue weighted by Gasteiger charge is 2.21. The Kier molecular flexibility index (Phi) is 6.22. The van der Waals surface area contributed by atoms with E-state index in [1.165, 1.54) is 18.2 Å². The van der Waals surface area contributed by atoms with Gasteiger partial charge >= 0.3 is 0 Å². The van der Waals surface area contributed by atoms with Crippen molar-refractivity contribution in [2.75, 3.05) is 4.72 Å². The van der Waals surface area contributed by atoms with Crippen molar-refractivity contribution < 1.29 is 17.6 Å². The van der Waals surface area contributed by atoms with Crippen LogP contribution in [0.15, 0.2) is 71.6 Å². The van der Waals surface area contributed by atoms with Crippen LogP contribution in [0.5, 0.6) is 0 Å². The molecular weight excluding hydrogens is 403 g/mol. The highest BCUT2D eigenvalue weighted by Crippen LogP contribution is 2.23. The molecule has 5 nitrogen and oxygen atoms in total. The molecule has 1 atom stereocenters. The number of amides is 1. The maximum atomic E-state index is 13.1. The number of para-hydroxylation sites is 1. The molecule has 0 saturated heterocycles. The molecule has 0 bridgehead atoms. The summed E-state index contributed by atoms with van der Waals surface area (Å²) in [6.07, 6.45) is 0. The zero-order valence-corrected chi connectivity index (χ0v) is 17.8. The lowest BCUT2D eigenvalue weighted by atomic mass is 10.1. The number of hydrogen-bond donors (Lipinski definition) is 2. The van der Waals surface area contributed by atoms with Crippen molar-refractivity contribution in [2.45, 2.75) is 31.7 Å². The van der Waals surface area contributed by atoms with Crippen molar-refractivity contribution in [3.63, 3.8) is 0 Å². The van der Waals surface area contributed by atoms with Crippen molar-refractivity contribution >= 4 is 21.6 Å². The van der Waals surface area contributed by atoms with Crippen molar-refractivity contribution in [3.05, 3.63) is 94.8 Å². The fourth-order valence-corrected chi connectivity index (χ4v) is 4.44. The molecule has 0 heterocycles. The van der Waals surface area contributed by atoms with Crippen LogP contribution in [0.3, 0.4) is 0 Å². The number of rotatable bonds is 6. The van der Waals surface area contributed by atoms with Gasteiger partial charge in [0.15, 0.2) is 0 Å². The summed E-state index contributed by atoms with van der Waals surface area (Å²) in [5, 5.41) is 2.81. The van der Waals surface area contributed by atoms with Crippen molar-refractivity contribution in [1.29, 1.82) is 0 Å². The molecule has 3 rings (SSSR count). The molecule has 0 aliphatic carbocycles. The number of aryl methyl sites for hydroxylation is 2. The number of anilines is 1. The Labute approximate surface area is 176 Å². The lowest BCUT2D eigenvalue weighted by Crippen LogP contribution is -2.27. The molecule has 0 spiro atoms. The molecule has 0 aliphatic rings. The Morgan fingerprint density at radius 1 is 0.933 bits per heavy atom. The molecule has 0 aliphatic heterocycles. The average Bonchev–Trinajstić information content (AvgIpc) is 2.70. The number of sulfonamides is 1. The van der Waals surface area contributed by atoms with E-state index in [0.717, 1.165) is 11.1 Å². The Balaban J connectivity index is 1.84. The molecule has 1 amide bonds. The molecular formula is C23H23FN2O3S. The van der Waals surface area contributed by atoms with Gasteiger partial charge in [0.2, 0.25) is 0 Å². The van der Waals surface area contributed by atoms with Gasteiger partial charge in [-0.15, -0.1) is 0 Å². The van der Waals surface area contributed by atoms with Crippen molar-refractivity contribution in [1.82, 2.24) is 5.32 Å². The van der Waals surface area contributed by atoms with Crippen molar-refractivity contribution in [2.24, 2.45) is 0 Å². The van der Waals surface area contributed by atoms with Crippen molar-refractivity contribution in [3.8, 4) is 0 Å². The lowest BCUT2D eigenvalue weighted by Gasteiger charge is -2.16. The minimum Gasteiger partial charge on any atom is -0.346 e. The highest BCUT2D eigenvalue weighted by molar-refractivity contribution is 7.92. The predicted molar refractivity (Wildman–Crippen MR) is 115 cm³/mol. The first-order chi connectivity index (χ1) is 14.2.